The van der Waals surface area contributed by atoms with Gasteiger partial charge in [0.05, 0.1) is 11.0 Å². The second kappa shape index (κ2) is 14.6. The van der Waals surface area contributed by atoms with Gasteiger partial charge >= 0.3 is 0 Å². The van der Waals surface area contributed by atoms with E-state index in [1.54, 1.807) is 0 Å². The third-order valence-electron chi connectivity index (χ3n) is 11.5. The van der Waals surface area contributed by atoms with Crippen molar-refractivity contribution < 1.29 is 0 Å². The number of fused-ring (bicyclic) bond motifs is 5. The van der Waals surface area contributed by atoms with E-state index in [-0.39, 0.29) is 0 Å². The molecule has 3 nitrogen and oxygen atoms in total. The Morgan fingerprint density at radius 1 is 0.271 bits per heavy atom. The van der Waals surface area contributed by atoms with Gasteiger partial charge in [-0.05, 0) is 106 Å². The number of hydrogen-bond donors (Lipinski definition) is 0. The van der Waals surface area contributed by atoms with Crippen LogP contribution in [0, 0.1) is 0 Å². The molecule has 0 aliphatic carbocycles. The highest BCUT2D eigenvalue weighted by Crippen LogP contribution is 2.45. The molecule has 0 atom stereocenters. The Morgan fingerprint density at radius 2 is 0.678 bits per heavy atom. The summed E-state index contributed by atoms with van der Waals surface area (Å²) in [4.78, 5) is 2.35. The van der Waals surface area contributed by atoms with E-state index >= 15 is 0 Å². The van der Waals surface area contributed by atoms with E-state index in [1.165, 1.54) is 60.6 Å². The molecule has 0 saturated carbocycles. The zero-order valence-corrected chi connectivity index (χ0v) is 32.4. The highest BCUT2D eigenvalue weighted by atomic mass is 15.2. The molecular weight excluding hydrogens is 715 g/mol. The molecule has 9 aromatic carbocycles. The zero-order chi connectivity index (χ0) is 39.1. The maximum atomic E-state index is 2.46. The molecule has 278 valence electrons. The highest BCUT2D eigenvalue weighted by molar-refractivity contribution is 6.26. The van der Waals surface area contributed by atoms with E-state index < -0.39 is 0 Å². The van der Waals surface area contributed by atoms with Gasteiger partial charge in [-0.2, -0.15) is 0 Å². The molecule has 2 heterocycles. The van der Waals surface area contributed by atoms with Crippen LogP contribution in [0.25, 0.3) is 77.6 Å². The van der Waals surface area contributed by atoms with Crippen molar-refractivity contribution in [3.05, 3.63) is 237 Å². The molecule has 0 fully saturated rings. The number of anilines is 3. The maximum absolute atomic E-state index is 2.46. The molecule has 3 heteroatoms. The third-order valence-corrected chi connectivity index (χ3v) is 11.5. The number of nitrogens with zero attached hydrogens (tertiary/aromatic N) is 3. The number of rotatable bonds is 8. The zero-order valence-electron chi connectivity index (χ0n) is 32.4. The summed E-state index contributed by atoms with van der Waals surface area (Å²) in [6.07, 6.45) is 0. The Bertz CT molecular complexity index is 3120. The van der Waals surface area contributed by atoms with Crippen LogP contribution >= 0.6 is 0 Å². The number of benzene rings is 9. The van der Waals surface area contributed by atoms with Crippen molar-refractivity contribution in [2.75, 3.05) is 4.90 Å². The van der Waals surface area contributed by atoms with Crippen LogP contribution in [-0.2, 0) is 0 Å². The highest BCUT2D eigenvalue weighted by Gasteiger charge is 2.24. The van der Waals surface area contributed by atoms with Gasteiger partial charge in [0.1, 0.15) is 5.65 Å². The number of para-hydroxylation sites is 2. The summed E-state index contributed by atoms with van der Waals surface area (Å²) in [5.74, 6) is 0. The first-order chi connectivity index (χ1) is 29.3. The van der Waals surface area contributed by atoms with Crippen LogP contribution in [0.4, 0.5) is 17.1 Å². The topological polar surface area (TPSA) is 13.1 Å². The fraction of sp³-hybridized carbons (Fsp3) is 0. The molecule has 0 bridgehead atoms. The summed E-state index contributed by atoms with van der Waals surface area (Å²) in [6.45, 7) is 0. The SMILES string of the molecule is c1ccc(-c2ccc(N(c3ccc(-c4ccccc4)cc3)c3ccc(-n4c5cccc(-c6ccccc6)c5c5c6ccccc6n(-c6ccccc6)c54)cc3)cc2)cc1. The standard InChI is InChI=1S/C56H39N3/c1-5-16-40(17-6-1)42-28-32-46(33-29-42)57(47-34-30-43(31-35-47)41-18-7-2-8-19-41)48-36-38-49(39-37-48)59-53-27-15-25-50(44-20-9-3-10-21-44)54(53)55-51-24-13-14-26-52(51)58(56(55)59)45-22-11-4-12-23-45/h1-39H. The molecule has 0 spiro atoms. The smallest absolute Gasteiger partial charge is 0.131 e. The third kappa shape index (κ3) is 6.00. The van der Waals surface area contributed by atoms with Crippen LogP contribution in [0.1, 0.15) is 0 Å². The summed E-state index contributed by atoms with van der Waals surface area (Å²) < 4.78 is 4.89. The van der Waals surface area contributed by atoms with Gasteiger partial charge in [0.2, 0.25) is 0 Å². The molecule has 0 aliphatic heterocycles. The second-order valence-electron chi connectivity index (χ2n) is 15.0. The first-order valence-electron chi connectivity index (χ1n) is 20.2. The van der Waals surface area contributed by atoms with Crippen LogP contribution in [0.3, 0.4) is 0 Å². The van der Waals surface area contributed by atoms with Crippen LogP contribution in [0.2, 0.25) is 0 Å². The van der Waals surface area contributed by atoms with Crippen LogP contribution in [-0.4, -0.2) is 9.13 Å². The van der Waals surface area contributed by atoms with Gasteiger partial charge < -0.3 is 4.90 Å². The largest absolute Gasteiger partial charge is 0.311 e. The molecule has 0 unspecified atom stereocenters. The van der Waals surface area contributed by atoms with Crippen molar-refractivity contribution in [2.45, 2.75) is 0 Å². The van der Waals surface area contributed by atoms with Crippen LogP contribution in [0.5, 0.6) is 0 Å². The van der Waals surface area contributed by atoms with Gasteiger partial charge in [-0.15, -0.1) is 0 Å². The molecule has 59 heavy (non-hydrogen) atoms. The maximum Gasteiger partial charge on any atom is 0.131 e. The van der Waals surface area contributed by atoms with Crippen molar-refractivity contribution in [3.8, 4) is 44.8 Å². The van der Waals surface area contributed by atoms with Crippen molar-refractivity contribution >= 4 is 49.9 Å². The van der Waals surface area contributed by atoms with Gasteiger partial charge in [0.25, 0.3) is 0 Å². The van der Waals surface area contributed by atoms with E-state index in [9.17, 15) is 0 Å². The normalized spacial score (nSPS) is 11.4. The Morgan fingerprint density at radius 3 is 1.24 bits per heavy atom. The van der Waals surface area contributed by atoms with E-state index in [4.69, 9.17) is 0 Å². The minimum absolute atomic E-state index is 1.08. The van der Waals surface area contributed by atoms with E-state index in [0.717, 1.165) is 34.1 Å². The van der Waals surface area contributed by atoms with Gasteiger partial charge in [-0.3, -0.25) is 9.13 Å². The van der Waals surface area contributed by atoms with Crippen LogP contribution in [0.15, 0.2) is 237 Å². The molecule has 0 saturated heterocycles. The fourth-order valence-electron chi connectivity index (χ4n) is 8.81. The summed E-state index contributed by atoms with van der Waals surface area (Å²) >= 11 is 0. The lowest BCUT2D eigenvalue weighted by molar-refractivity contribution is 1.07. The van der Waals surface area contributed by atoms with Gasteiger partial charge in [0, 0.05) is 44.6 Å². The van der Waals surface area contributed by atoms with E-state index in [0.29, 0.717) is 0 Å². The molecule has 0 N–H and O–H groups in total. The average Bonchev–Trinajstić information content (AvgIpc) is 3.84. The number of hydrogen-bond acceptors (Lipinski definition) is 1. The van der Waals surface area contributed by atoms with Crippen LogP contribution < -0.4 is 4.90 Å². The van der Waals surface area contributed by atoms with E-state index in [1.807, 2.05) is 0 Å². The fourth-order valence-corrected chi connectivity index (χ4v) is 8.81. The summed E-state index contributed by atoms with van der Waals surface area (Å²) in [5.41, 5.74) is 16.2. The lowest BCUT2D eigenvalue weighted by atomic mass is 9.99. The summed E-state index contributed by atoms with van der Waals surface area (Å²) in [6, 6.07) is 85.1. The Hall–Kier alpha value is -7.88. The average molecular weight is 754 g/mol. The van der Waals surface area contributed by atoms with E-state index in [2.05, 4.69) is 251 Å². The summed E-state index contributed by atoms with van der Waals surface area (Å²) in [5, 5.41) is 3.74. The molecule has 0 aliphatic rings. The Kier molecular flexibility index (Phi) is 8.49. The molecular formula is C56H39N3. The minimum Gasteiger partial charge on any atom is -0.311 e. The van der Waals surface area contributed by atoms with Gasteiger partial charge in [0.15, 0.2) is 0 Å². The predicted octanol–water partition coefficient (Wildman–Crippen LogP) is 15.2. The monoisotopic (exact) mass is 753 g/mol. The lowest BCUT2D eigenvalue weighted by Gasteiger charge is -2.26. The van der Waals surface area contributed by atoms with Gasteiger partial charge in [-0.1, -0.05) is 164 Å². The van der Waals surface area contributed by atoms with Crippen molar-refractivity contribution in [2.24, 2.45) is 0 Å². The molecule has 11 aromatic rings. The molecule has 0 amide bonds. The van der Waals surface area contributed by atoms with Gasteiger partial charge in [-0.25, -0.2) is 0 Å². The first kappa shape index (κ1) is 34.4. The van der Waals surface area contributed by atoms with Crippen molar-refractivity contribution in [3.63, 3.8) is 0 Å². The summed E-state index contributed by atoms with van der Waals surface area (Å²) in [7, 11) is 0. The first-order valence-corrected chi connectivity index (χ1v) is 20.2. The van der Waals surface area contributed by atoms with Crippen molar-refractivity contribution in [1.29, 1.82) is 0 Å². The molecule has 2 aromatic heterocycles. The molecule has 11 rings (SSSR count). The Balaban J connectivity index is 1.11. The van der Waals surface area contributed by atoms with Crippen molar-refractivity contribution in [1.82, 2.24) is 9.13 Å². The lowest BCUT2D eigenvalue weighted by Crippen LogP contribution is -2.10. The number of aromatic nitrogens is 2. The molecule has 0 radical (unpaired) electrons. The second-order valence-corrected chi connectivity index (χ2v) is 15.0. The minimum atomic E-state index is 1.08. The quantitative estimate of drug-likeness (QED) is 0.151. The Labute approximate surface area is 343 Å². The predicted molar refractivity (Wildman–Crippen MR) is 249 cm³/mol.